The SMILES string of the molecule is F[C@H]1CNC[C@@H]1Nc1ccccn1. The van der Waals surface area contributed by atoms with Crippen molar-refractivity contribution in [3.8, 4) is 0 Å². The molecule has 2 rings (SSSR count). The van der Waals surface area contributed by atoms with Crippen molar-refractivity contribution in [3.05, 3.63) is 24.4 Å². The lowest BCUT2D eigenvalue weighted by atomic mass is 10.2. The van der Waals surface area contributed by atoms with E-state index in [-0.39, 0.29) is 6.04 Å². The van der Waals surface area contributed by atoms with Crippen LogP contribution in [0.2, 0.25) is 0 Å². The number of nitrogens with one attached hydrogen (secondary N) is 2. The molecule has 4 heteroatoms. The number of anilines is 1. The first kappa shape index (κ1) is 8.44. The summed E-state index contributed by atoms with van der Waals surface area (Å²) in [6.07, 6.45) is 0.875. The Morgan fingerprint density at radius 3 is 3.00 bits per heavy atom. The van der Waals surface area contributed by atoms with Gasteiger partial charge in [0, 0.05) is 19.3 Å². The van der Waals surface area contributed by atoms with E-state index in [0.717, 1.165) is 5.82 Å². The monoisotopic (exact) mass is 181 g/mol. The molecule has 0 aliphatic carbocycles. The summed E-state index contributed by atoms with van der Waals surface area (Å²) in [4.78, 5) is 4.07. The smallest absolute Gasteiger partial charge is 0.134 e. The molecule has 0 amide bonds. The topological polar surface area (TPSA) is 37.0 Å². The summed E-state index contributed by atoms with van der Waals surface area (Å²) in [6.45, 7) is 1.10. The summed E-state index contributed by atoms with van der Waals surface area (Å²) in [5, 5.41) is 6.02. The minimum absolute atomic E-state index is 0.144. The molecule has 1 saturated heterocycles. The summed E-state index contributed by atoms with van der Waals surface area (Å²) in [7, 11) is 0. The van der Waals surface area contributed by atoms with Gasteiger partial charge in [0.2, 0.25) is 0 Å². The maximum absolute atomic E-state index is 13.1. The number of rotatable bonds is 2. The molecule has 1 aliphatic heterocycles. The highest BCUT2D eigenvalue weighted by atomic mass is 19.1. The van der Waals surface area contributed by atoms with Gasteiger partial charge in [-0.05, 0) is 12.1 Å². The fraction of sp³-hybridized carbons (Fsp3) is 0.444. The summed E-state index contributed by atoms with van der Waals surface area (Å²) in [5.41, 5.74) is 0. The second kappa shape index (κ2) is 3.70. The van der Waals surface area contributed by atoms with Gasteiger partial charge in [-0.15, -0.1) is 0 Å². The molecule has 0 unspecified atom stereocenters. The van der Waals surface area contributed by atoms with Crippen molar-refractivity contribution in [2.75, 3.05) is 18.4 Å². The molecule has 1 fully saturated rings. The van der Waals surface area contributed by atoms with Crippen LogP contribution in [0.25, 0.3) is 0 Å². The molecule has 1 aromatic heterocycles. The van der Waals surface area contributed by atoms with E-state index in [2.05, 4.69) is 15.6 Å². The number of hydrogen-bond acceptors (Lipinski definition) is 3. The Bertz CT molecular complexity index is 265. The molecule has 3 nitrogen and oxygen atoms in total. The van der Waals surface area contributed by atoms with Crippen molar-refractivity contribution >= 4 is 5.82 Å². The molecule has 1 aliphatic rings. The van der Waals surface area contributed by atoms with Crippen LogP contribution in [0.5, 0.6) is 0 Å². The molecule has 0 spiro atoms. The van der Waals surface area contributed by atoms with Crippen molar-refractivity contribution in [3.63, 3.8) is 0 Å². The van der Waals surface area contributed by atoms with E-state index >= 15 is 0 Å². The van der Waals surface area contributed by atoms with Gasteiger partial charge >= 0.3 is 0 Å². The van der Waals surface area contributed by atoms with Crippen LogP contribution in [0, 0.1) is 0 Å². The first-order valence-electron chi connectivity index (χ1n) is 4.38. The quantitative estimate of drug-likeness (QED) is 0.708. The van der Waals surface area contributed by atoms with Crippen LogP contribution in [0.15, 0.2) is 24.4 Å². The predicted molar refractivity (Wildman–Crippen MR) is 49.4 cm³/mol. The fourth-order valence-electron chi connectivity index (χ4n) is 1.43. The Morgan fingerprint density at radius 2 is 2.38 bits per heavy atom. The van der Waals surface area contributed by atoms with Crippen LogP contribution < -0.4 is 10.6 Å². The predicted octanol–water partition coefficient (Wildman–Crippen LogP) is 0.803. The number of hydrogen-bond donors (Lipinski definition) is 2. The van der Waals surface area contributed by atoms with Crippen molar-refractivity contribution in [2.45, 2.75) is 12.2 Å². The van der Waals surface area contributed by atoms with Crippen LogP contribution in [-0.2, 0) is 0 Å². The molecule has 0 radical (unpaired) electrons. The van der Waals surface area contributed by atoms with Crippen LogP contribution in [0.1, 0.15) is 0 Å². The highest BCUT2D eigenvalue weighted by Gasteiger charge is 2.26. The van der Waals surface area contributed by atoms with Gasteiger partial charge < -0.3 is 10.6 Å². The molecule has 2 heterocycles. The Kier molecular flexibility index (Phi) is 2.40. The zero-order valence-corrected chi connectivity index (χ0v) is 7.20. The van der Waals surface area contributed by atoms with Gasteiger partial charge in [-0.25, -0.2) is 9.37 Å². The third-order valence-corrected chi connectivity index (χ3v) is 2.14. The molecular formula is C9H12FN3. The standard InChI is InChI=1S/C9H12FN3/c10-7-5-11-6-8(7)13-9-3-1-2-4-12-9/h1-4,7-8,11H,5-6H2,(H,12,13)/t7-,8-/m0/s1. The van der Waals surface area contributed by atoms with E-state index in [9.17, 15) is 4.39 Å². The molecule has 70 valence electrons. The Hall–Kier alpha value is -1.16. The minimum atomic E-state index is -0.818. The van der Waals surface area contributed by atoms with Gasteiger partial charge in [-0.2, -0.15) is 0 Å². The fourth-order valence-corrected chi connectivity index (χ4v) is 1.43. The maximum atomic E-state index is 13.1. The molecule has 1 aromatic rings. The number of halogens is 1. The van der Waals surface area contributed by atoms with Crippen LogP contribution in [-0.4, -0.2) is 30.3 Å². The Balaban J connectivity index is 1.98. The van der Waals surface area contributed by atoms with Gasteiger partial charge in [-0.3, -0.25) is 0 Å². The van der Waals surface area contributed by atoms with Crippen LogP contribution in [0.4, 0.5) is 10.2 Å². The van der Waals surface area contributed by atoms with Crippen molar-refractivity contribution in [1.82, 2.24) is 10.3 Å². The average Bonchev–Trinajstić information content (AvgIpc) is 2.54. The van der Waals surface area contributed by atoms with Crippen molar-refractivity contribution < 1.29 is 4.39 Å². The van der Waals surface area contributed by atoms with Crippen molar-refractivity contribution in [2.24, 2.45) is 0 Å². The minimum Gasteiger partial charge on any atom is -0.363 e. The first-order chi connectivity index (χ1) is 6.36. The second-order valence-corrected chi connectivity index (χ2v) is 3.14. The summed E-state index contributed by atoms with van der Waals surface area (Å²) < 4.78 is 13.1. The van der Waals surface area contributed by atoms with Gasteiger partial charge in [-0.1, -0.05) is 6.07 Å². The van der Waals surface area contributed by atoms with Crippen LogP contribution in [0.3, 0.4) is 0 Å². The van der Waals surface area contributed by atoms with Crippen LogP contribution >= 0.6 is 0 Å². The molecule has 0 saturated carbocycles. The largest absolute Gasteiger partial charge is 0.363 e. The third kappa shape index (κ3) is 1.95. The molecule has 0 bridgehead atoms. The van der Waals surface area contributed by atoms with E-state index in [1.807, 2.05) is 18.2 Å². The van der Waals surface area contributed by atoms with E-state index < -0.39 is 6.17 Å². The lowest BCUT2D eigenvalue weighted by Gasteiger charge is -2.13. The molecule has 2 N–H and O–H groups in total. The zero-order valence-electron chi connectivity index (χ0n) is 7.20. The van der Waals surface area contributed by atoms with E-state index in [1.54, 1.807) is 6.20 Å². The van der Waals surface area contributed by atoms with Gasteiger partial charge in [0.15, 0.2) is 0 Å². The van der Waals surface area contributed by atoms with E-state index in [4.69, 9.17) is 0 Å². The number of nitrogens with zero attached hydrogens (tertiary/aromatic N) is 1. The lowest BCUT2D eigenvalue weighted by molar-refractivity contribution is 0.342. The third-order valence-electron chi connectivity index (χ3n) is 2.14. The summed E-state index contributed by atoms with van der Waals surface area (Å²) >= 11 is 0. The highest BCUT2D eigenvalue weighted by Crippen LogP contribution is 2.10. The number of alkyl halides is 1. The summed E-state index contributed by atoms with van der Waals surface area (Å²) in [6, 6.07) is 5.41. The normalized spacial score (nSPS) is 27.5. The van der Waals surface area contributed by atoms with E-state index in [0.29, 0.717) is 13.1 Å². The average molecular weight is 181 g/mol. The molecular weight excluding hydrogens is 169 g/mol. The van der Waals surface area contributed by atoms with Gasteiger partial charge in [0.1, 0.15) is 12.0 Å². The Morgan fingerprint density at radius 1 is 1.46 bits per heavy atom. The van der Waals surface area contributed by atoms with Gasteiger partial charge in [0.25, 0.3) is 0 Å². The lowest BCUT2D eigenvalue weighted by Crippen LogP contribution is -2.29. The highest BCUT2D eigenvalue weighted by molar-refractivity contribution is 5.35. The second-order valence-electron chi connectivity index (χ2n) is 3.14. The maximum Gasteiger partial charge on any atom is 0.134 e. The number of pyridine rings is 1. The van der Waals surface area contributed by atoms with E-state index in [1.165, 1.54) is 0 Å². The summed E-state index contributed by atoms with van der Waals surface area (Å²) in [5.74, 6) is 0.735. The zero-order chi connectivity index (χ0) is 9.10. The molecule has 13 heavy (non-hydrogen) atoms. The Labute approximate surface area is 76.4 Å². The number of aromatic nitrogens is 1. The molecule has 0 aromatic carbocycles. The molecule has 2 atom stereocenters. The van der Waals surface area contributed by atoms with Crippen molar-refractivity contribution in [1.29, 1.82) is 0 Å². The first-order valence-corrected chi connectivity index (χ1v) is 4.38. The van der Waals surface area contributed by atoms with Gasteiger partial charge in [0.05, 0.1) is 6.04 Å².